The number of benzene rings is 4. The van der Waals surface area contributed by atoms with E-state index in [1.807, 2.05) is 6.08 Å². The molecule has 57 heavy (non-hydrogen) atoms. The number of carbonyl (C=O) groups excluding carboxylic acids is 4. The van der Waals surface area contributed by atoms with E-state index in [1.54, 1.807) is 48.5 Å². The smallest absolute Gasteiger partial charge is 0.271 e. The van der Waals surface area contributed by atoms with Gasteiger partial charge in [-0.3, -0.25) is 34.7 Å². The minimum Gasteiger partial charge on any atom is -0.502 e. The summed E-state index contributed by atoms with van der Waals surface area (Å²) in [5, 5.41) is 24.1. The van der Waals surface area contributed by atoms with Crippen molar-refractivity contribution in [3.05, 3.63) is 122 Å². The molecule has 292 valence electrons. The van der Waals surface area contributed by atoms with Crippen LogP contribution < -0.4 is 24.5 Å². The number of phenolic OH excluding ortho intramolecular Hbond substituents is 1. The standard InChI is InChI=1S/C41H34Cl2N4O10/c1-55-25-10-7-21(8-11-25)41-29(38(50)46(40(41)52)44-31-14-9-22(42)17-30(31)43)19-28-26(35(41)20-15-32(56-2)36(48)33(16-20)57-3)12-13-27-34(28)39(51)45(37(27)49)23-5-4-6-24(18-23)47(53)54/h4-12,14-18,27-29,34-35,44,48H,13,19H2,1-3H3. The van der Waals surface area contributed by atoms with Gasteiger partial charge in [-0.25, -0.2) is 4.90 Å². The summed E-state index contributed by atoms with van der Waals surface area (Å²) < 4.78 is 16.6. The van der Waals surface area contributed by atoms with E-state index >= 15 is 9.59 Å². The largest absolute Gasteiger partial charge is 0.502 e. The number of nitro groups is 1. The second kappa shape index (κ2) is 14.1. The lowest BCUT2D eigenvalue weighted by Crippen LogP contribution is -2.53. The van der Waals surface area contributed by atoms with E-state index in [4.69, 9.17) is 37.4 Å². The topological polar surface area (TPSA) is 178 Å². The molecule has 6 atom stereocenters. The summed E-state index contributed by atoms with van der Waals surface area (Å²) >= 11 is 12.7. The highest BCUT2D eigenvalue weighted by Crippen LogP contribution is 2.65. The maximum absolute atomic E-state index is 15.5. The Kier molecular flexibility index (Phi) is 9.36. The minimum absolute atomic E-state index is 0.0270. The number of hydrogen-bond acceptors (Lipinski definition) is 11. The molecule has 4 amide bonds. The third-order valence-corrected chi connectivity index (χ3v) is 12.3. The molecule has 14 nitrogen and oxygen atoms in total. The molecule has 1 saturated carbocycles. The third-order valence-electron chi connectivity index (χ3n) is 11.7. The van der Waals surface area contributed by atoms with Gasteiger partial charge in [0.25, 0.3) is 17.5 Å². The zero-order valence-electron chi connectivity index (χ0n) is 30.6. The number of fused-ring (bicyclic) bond motifs is 4. The van der Waals surface area contributed by atoms with E-state index in [2.05, 4.69) is 5.43 Å². The Bertz CT molecular complexity index is 2400. The number of aromatic hydroxyl groups is 1. The normalized spacial score (nSPS) is 25.1. The first-order valence-corrected chi connectivity index (χ1v) is 18.6. The lowest BCUT2D eigenvalue weighted by molar-refractivity contribution is -0.384. The average molecular weight is 814 g/mol. The van der Waals surface area contributed by atoms with Crippen molar-refractivity contribution in [2.75, 3.05) is 31.7 Å². The van der Waals surface area contributed by atoms with E-state index in [1.165, 1.54) is 51.7 Å². The van der Waals surface area contributed by atoms with Gasteiger partial charge in [0.2, 0.25) is 17.6 Å². The molecule has 4 aromatic rings. The van der Waals surface area contributed by atoms with Crippen LogP contribution in [0.4, 0.5) is 17.1 Å². The minimum atomic E-state index is -1.69. The number of ether oxygens (including phenoxy) is 3. The number of nitro benzene ring substituents is 1. The monoisotopic (exact) mass is 812 g/mol. The number of nitrogens with zero attached hydrogens (tertiary/aromatic N) is 3. The quantitative estimate of drug-likeness (QED) is 0.0784. The Hall–Kier alpha value is -6.12. The van der Waals surface area contributed by atoms with E-state index in [-0.39, 0.29) is 52.2 Å². The van der Waals surface area contributed by atoms with Crippen LogP contribution in [0.15, 0.2) is 90.5 Å². The van der Waals surface area contributed by atoms with E-state index in [9.17, 15) is 24.8 Å². The number of amides is 4. The number of nitrogens with one attached hydrogen (secondary N) is 1. The molecule has 2 N–H and O–H groups in total. The molecular formula is C41H34Cl2N4O10. The van der Waals surface area contributed by atoms with Crippen molar-refractivity contribution in [1.82, 2.24) is 5.01 Å². The highest BCUT2D eigenvalue weighted by molar-refractivity contribution is 6.36. The van der Waals surface area contributed by atoms with E-state index in [0.717, 1.165) is 9.91 Å². The molecule has 4 aliphatic rings. The number of allylic oxidation sites excluding steroid dienone is 2. The molecule has 16 heteroatoms. The number of phenols is 1. The molecule has 2 aliphatic carbocycles. The maximum atomic E-state index is 15.5. The van der Waals surface area contributed by atoms with Crippen LogP contribution in [0.3, 0.4) is 0 Å². The zero-order chi connectivity index (χ0) is 40.5. The van der Waals surface area contributed by atoms with Crippen molar-refractivity contribution in [2.24, 2.45) is 23.7 Å². The molecule has 2 heterocycles. The Morgan fingerprint density at radius 3 is 2.19 bits per heavy atom. The number of methoxy groups -OCH3 is 3. The Morgan fingerprint density at radius 2 is 1.56 bits per heavy atom. The predicted octanol–water partition coefficient (Wildman–Crippen LogP) is 6.82. The van der Waals surface area contributed by atoms with Gasteiger partial charge < -0.3 is 19.3 Å². The second-order valence-electron chi connectivity index (χ2n) is 14.3. The van der Waals surface area contributed by atoms with Crippen molar-refractivity contribution in [2.45, 2.75) is 24.2 Å². The molecule has 8 rings (SSSR count). The molecule has 2 aliphatic heterocycles. The summed E-state index contributed by atoms with van der Waals surface area (Å²) in [5.41, 5.74) is 2.77. The van der Waals surface area contributed by atoms with Gasteiger partial charge in [0.1, 0.15) is 5.75 Å². The molecule has 3 fully saturated rings. The molecule has 0 aromatic heterocycles. The van der Waals surface area contributed by atoms with Crippen LogP contribution in [0, 0.1) is 33.8 Å². The number of rotatable bonds is 9. The highest BCUT2D eigenvalue weighted by atomic mass is 35.5. The molecular weight excluding hydrogens is 779 g/mol. The summed E-state index contributed by atoms with van der Waals surface area (Å²) in [6.07, 6.45) is 1.93. The molecule has 6 unspecified atom stereocenters. The van der Waals surface area contributed by atoms with Gasteiger partial charge >= 0.3 is 0 Å². The van der Waals surface area contributed by atoms with Gasteiger partial charge in [-0.15, -0.1) is 0 Å². The fourth-order valence-electron chi connectivity index (χ4n) is 9.30. The molecule has 4 aromatic carbocycles. The van der Waals surface area contributed by atoms with Crippen LogP contribution in [-0.4, -0.2) is 60.0 Å². The number of halogens is 2. The summed E-state index contributed by atoms with van der Waals surface area (Å²) in [5.74, 6) is -6.78. The zero-order valence-corrected chi connectivity index (χ0v) is 32.1. The van der Waals surface area contributed by atoms with Gasteiger partial charge in [-0.05, 0) is 78.4 Å². The number of carbonyl (C=O) groups is 4. The first kappa shape index (κ1) is 37.8. The van der Waals surface area contributed by atoms with Crippen molar-refractivity contribution in [1.29, 1.82) is 0 Å². The fourth-order valence-corrected chi connectivity index (χ4v) is 9.75. The van der Waals surface area contributed by atoms with Gasteiger partial charge in [0.15, 0.2) is 11.5 Å². The lowest BCUT2D eigenvalue weighted by atomic mass is 9.49. The van der Waals surface area contributed by atoms with Crippen LogP contribution in [-0.2, 0) is 24.6 Å². The van der Waals surface area contributed by atoms with E-state index < -0.39 is 63.6 Å². The fraction of sp³-hybridized carbons (Fsp3) is 0.268. The predicted molar refractivity (Wildman–Crippen MR) is 207 cm³/mol. The SMILES string of the molecule is COc1ccc(C23C(=O)N(Nc4ccc(Cl)cc4Cl)C(=O)C2CC2C(=CCC4C(=O)N(c5cccc([N+](=O)[O-])c5)C(=O)C42)C3c2cc(OC)c(O)c(OC)c2)cc1. The molecule has 0 spiro atoms. The molecule has 2 saturated heterocycles. The number of anilines is 2. The van der Waals surface area contributed by atoms with E-state index in [0.29, 0.717) is 27.5 Å². The summed E-state index contributed by atoms with van der Waals surface area (Å²) in [4.78, 5) is 71.4. The van der Waals surface area contributed by atoms with Crippen LogP contribution in [0.25, 0.3) is 0 Å². The summed E-state index contributed by atoms with van der Waals surface area (Å²) in [7, 11) is 4.24. The van der Waals surface area contributed by atoms with Crippen LogP contribution in [0.1, 0.15) is 29.9 Å². The first-order chi connectivity index (χ1) is 27.3. The van der Waals surface area contributed by atoms with Crippen molar-refractivity contribution in [3.8, 4) is 23.0 Å². The number of imide groups is 2. The Morgan fingerprint density at radius 1 is 0.860 bits per heavy atom. The Labute approximate surface area is 335 Å². The first-order valence-electron chi connectivity index (χ1n) is 17.9. The number of hydrazine groups is 1. The Balaban J connectivity index is 1.35. The van der Waals surface area contributed by atoms with Gasteiger partial charge in [-0.2, -0.15) is 5.01 Å². The molecule has 0 radical (unpaired) electrons. The maximum Gasteiger partial charge on any atom is 0.271 e. The third kappa shape index (κ3) is 5.68. The highest BCUT2D eigenvalue weighted by Gasteiger charge is 2.70. The van der Waals surface area contributed by atoms with Crippen LogP contribution >= 0.6 is 23.2 Å². The van der Waals surface area contributed by atoms with Crippen molar-refractivity contribution >= 4 is 63.9 Å². The van der Waals surface area contributed by atoms with Crippen LogP contribution in [0.2, 0.25) is 10.0 Å². The second-order valence-corrected chi connectivity index (χ2v) is 15.1. The van der Waals surface area contributed by atoms with Crippen molar-refractivity contribution in [3.63, 3.8) is 0 Å². The number of non-ortho nitro benzene ring substituents is 1. The lowest BCUT2D eigenvalue weighted by Gasteiger charge is -2.50. The van der Waals surface area contributed by atoms with Gasteiger partial charge in [0, 0.05) is 23.1 Å². The van der Waals surface area contributed by atoms with Crippen LogP contribution in [0.5, 0.6) is 23.0 Å². The van der Waals surface area contributed by atoms with Crippen molar-refractivity contribution < 1.29 is 43.4 Å². The van der Waals surface area contributed by atoms with Gasteiger partial charge in [0.05, 0.1) is 65.8 Å². The average Bonchev–Trinajstić information content (AvgIpc) is 3.59. The summed E-state index contributed by atoms with van der Waals surface area (Å²) in [6.45, 7) is 0. The number of hydrogen-bond donors (Lipinski definition) is 2. The van der Waals surface area contributed by atoms with Gasteiger partial charge in [-0.1, -0.05) is 53.1 Å². The summed E-state index contributed by atoms with van der Waals surface area (Å²) in [6, 6.07) is 19.8. The molecule has 0 bridgehead atoms.